The number of benzene rings is 3. The summed E-state index contributed by atoms with van der Waals surface area (Å²) in [5.41, 5.74) is 1.78. The van der Waals surface area contributed by atoms with E-state index in [-0.39, 0.29) is 5.03 Å². The van der Waals surface area contributed by atoms with E-state index < -0.39 is 9.84 Å². The summed E-state index contributed by atoms with van der Waals surface area (Å²) in [6.45, 7) is 0.991. The summed E-state index contributed by atoms with van der Waals surface area (Å²) in [6, 6.07) is 18.7. The van der Waals surface area contributed by atoms with Gasteiger partial charge in [-0.2, -0.15) is 5.10 Å². The van der Waals surface area contributed by atoms with Gasteiger partial charge in [0, 0.05) is 10.8 Å². The molecule has 5 nitrogen and oxygen atoms in total. The second kappa shape index (κ2) is 7.37. The summed E-state index contributed by atoms with van der Waals surface area (Å²) in [5, 5.41) is 9.43. The lowest BCUT2D eigenvalue weighted by Crippen LogP contribution is -2.13. The van der Waals surface area contributed by atoms with Crippen LogP contribution in [0.4, 0.5) is 0 Å². The first-order valence-electron chi connectivity index (χ1n) is 9.31. The number of nitrogens with one attached hydrogen (secondary N) is 1. The summed E-state index contributed by atoms with van der Waals surface area (Å²) in [4.78, 5) is 2.45. The van der Waals surface area contributed by atoms with Crippen LogP contribution in [0.3, 0.4) is 0 Å². The first kappa shape index (κ1) is 18.7. The quantitative estimate of drug-likeness (QED) is 0.537. The number of nitrogens with zero attached hydrogens (tertiary/aromatic N) is 2. The zero-order valence-corrected chi connectivity index (χ0v) is 16.8. The number of hydrogen-bond donors (Lipinski definition) is 1. The van der Waals surface area contributed by atoms with Gasteiger partial charge in [0.2, 0.25) is 9.84 Å². The standard InChI is InChI=1S/C22H23N3O2S/c1-25(2)14-6-7-16-12-13-20-19(15-16)22(24-23-20)28(26,27)21-11-5-9-17-8-3-4-10-18(17)21/h3-5,8-13,15H,6-7,14H2,1-2H3,(H,23,24). The Kier molecular flexibility index (Phi) is 4.91. The molecule has 0 unspecified atom stereocenters. The molecule has 0 saturated heterocycles. The molecule has 0 atom stereocenters. The third kappa shape index (κ3) is 3.41. The van der Waals surface area contributed by atoms with Crippen molar-refractivity contribution in [2.75, 3.05) is 20.6 Å². The van der Waals surface area contributed by atoms with Crippen LogP contribution in [0.25, 0.3) is 21.7 Å². The zero-order valence-electron chi connectivity index (χ0n) is 16.0. The molecule has 1 aromatic heterocycles. The number of aromatic nitrogens is 2. The minimum atomic E-state index is -3.73. The van der Waals surface area contributed by atoms with Gasteiger partial charge in [0.1, 0.15) is 0 Å². The molecule has 0 aliphatic carbocycles. The Labute approximate surface area is 164 Å². The number of sulfone groups is 1. The average molecular weight is 394 g/mol. The Morgan fingerprint density at radius 3 is 2.57 bits per heavy atom. The number of rotatable bonds is 6. The summed E-state index contributed by atoms with van der Waals surface area (Å²) in [5.74, 6) is 0. The van der Waals surface area contributed by atoms with E-state index in [1.807, 2.05) is 62.6 Å². The number of aryl methyl sites for hydroxylation is 1. The first-order chi connectivity index (χ1) is 13.5. The van der Waals surface area contributed by atoms with Gasteiger partial charge in [-0.25, -0.2) is 8.42 Å². The topological polar surface area (TPSA) is 66.1 Å². The second-order valence-corrected chi connectivity index (χ2v) is 9.15. The van der Waals surface area contributed by atoms with Crippen molar-refractivity contribution >= 4 is 31.5 Å². The van der Waals surface area contributed by atoms with E-state index in [1.54, 1.807) is 12.1 Å². The molecule has 0 aliphatic heterocycles. The first-order valence-corrected chi connectivity index (χ1v) is 10.8. The Balaban J connectivity index is 1.79. The van der Waals surface area contributed by atoms with Crippen molar-refractivity contribution in [3.05, 3.63) is 66.2 Å². The van der Waals surface area contributed by atoms with Gasteiger partial charge in [-0.15, -0.1) is 0 Å². The predicted octanol–water partition coefficient (Wildman–Crippen LogP) is 4.04. The Hall–Kier alpha value is -2.70. The van der Waals surface area contributed by atoms with Crippen molar-refractivity contribution in [1.29, 1.82) is 0 Å². The predicted molar refractivity (Wildman–Crippen MR) is 112 cm³/mol. The Morgan fingerprint density at radius 1 is 0.964 bits per heavy atom. The summed E-state index contributed by atoms with van der Waals surface area (Å²) < 4.78 is 26.9. The normalized spacial score (nSPS) is 12.2. The molecule has 1 N–H and O–H groups in total. The average Bonchev–Trinajstić information content (AvgIpc) is 3.11. The van der Waals surface area contributed by atoms with E-state index in [2.05, 4.69) is 15.1 Å². The fourth-order valence-corrected chi connectivity index (χ4v) is 5.11. The maximum atomic E-state index is 13.5. The second-order valence-electron chi connectivity index (χ2n) is 7.29. The van der Waals surface area contributed by atoms with Crippen molar-refractivity contribution in [3.63, 3.8) is 0 Å². The van der Waals surface area contributed by atoms with E-state index in [1.165, 1.54) is 0 Å². The SMILES string of the molecule is CN(C)CCCc1ccc2n[nH]c(S(=O)(=O)c3cccc4ccccc34)c2c1. The fourth-order valence-electron chi connectivity index (χ4n) is 3.53. The molecule has 1 heterocycles. The van der Waals surface area contributed by atoms with Crippen molar-refractivity contribution in [2.24, 2.45) is 0 Å². The van der Waals surface area contributed by atoms with E-state index in [4.69, 9.17) is 0 Å². The van der Waals surface area contributed by atoms with E-state index >= 15 is 0 Å². The van der Waals surface area contributed by atoms with E-state index in [0.29, 0.717) is 15.8 Å². The van der Waals surface area contributed by atoms with Crippen LogP contribution in [0.15, 0.2) is 70.6 Å². The van der Waals surface area contributed by atoms with Gasteiger partial charge in [0.15, 0.2) is 5.03 Å². The summed E-state index contributed by atoms with van der Waals surface area (Å²) in [7, 11) is 0.374. The van der Waals surface area contributed by atoms with Crippen LogP contribution in [0.2, 0.25) is 0 Å². The van der Waals surface area contributed by atoms with E-state index in [9.17, 15) is 8.42 Å². The van der Waals surface area contributed by atoms with Crippen molar-refractivity contribution in [3.8, 4) is 0 Å². The highest BCUT2D eigenvalue weighted by atomic mass is 32.2. The molecular formula is C22H23N3O2S. The fraction of sp³-hybridized carbons (Fsp3) is 0.227. The Bertz CT molecular complexity index is 1240. The lowest BCUT2D eigenvalue weighted by atomic mass is 10.1. The van der Waals surface area contributed by atoms with Crippen LogP contribution in [0, 0.1) is 0 Å². The van der Waals surface area contributed by atoms with Gasteiger partial charge >= 0.3 is 0 Å². The van der Waals surface area contributed by atoms with Crippen LogP contribution < -0.4 is 0 Å². The summed E-state index contributed by atoms with van der Waals surface area (Å²) >= 11 is 0. The lowest BCUT2D eigenvalue weighted by Gasteiger charge is -2.09. The highest BCUT2D eigenvalue weighted by Gasteiger charge is 2.25. The molecule has 6 heteroatoms. The lowest BCUT2D eigenvalue weighted by molar-refractivity contribution is 0.400. The minimum Gasteiger partial charge on any atom is -0.309 e. The van der Waals surface area contributed by atoms with Gasteiger partial charge in [-0.1, -0.05) is 42.5 Å². The molecule has 0 amide bonds. The monoisotopic (exact) mass is 393 g/mol. The molecular weight excluding hydrogens is 370 g/mol. The minimum absolute atomic E-state index is 0.160. The van der Waals surface area contributed by atoms with Crippen molar-refractivity contribution in [2.45, 2.75) is 22.8 Å². The van der Waals surface area contributed by atoms with Gasteiger partial charge in [-0.3, -0.25) is 5.10 Å². The van der Waals surface area contributed by atoms with Gasteiger partial charge in [0.25, 0.3) is 0 Å². The molecule has 3 aromatic carbocycles. The van der Waals surface area contributed by atoms with Crippen LogP contribution in [-0.2, 0) is 16.3 Å². The third-order valence-electron chi connectivity index (χ3n) is 4.96. The highest BCUT2D eigenvalue weighted by Crippen LogP contribution is 2.31. The molecule has 144 valence electrons. The van der Waals surface area contributed by atoms with Crippen molar-refractivity contribution < 1.29 is 8.42 Å². The van der Waals surface area contributed by atoms with Crippen molar-refractivity contribution in [1.82, 2.24) is 15.1 Å². The van der Waals surface area contributed by atoms with Crippen LogP contribution in [0.1, 0.15) is 12.0 Å². The maximum absolute atomic E-state index is 13.5. The molecule has 0 spiro atoms. The third-order valence-corrected chi connectivity index (χ3v) is 6.75. The molecule has 0 aliphatic rings. The summed E-state index contributed by atoms with van der Waals surface area (Å²) in [6.07, 6.45) is 1.91. The molecule has 0 bridgehead atoms. The Morgan fingerprint density at radius 2 is 1.75 bits per heavy atom. The molecule has 0 fully saturated rings. The zero-order chi connectivity index (χ0) is 19.7. The van der Waals surface area contributed by atoms with Crippen LogP contribution in [0.5, 0.6) is 0 Å². The molecule has 4 aromatic rings. The number of fused-ring (bicyclic) bond motifs is 2. The van der Waals surface area contributed by atoms with Gasteiger partial charge in [-0.05, 0) is 62.6 Å². The van der Waals surface area contributed by atoms with E-state index in [0.717, 1.165) is 35.7 Å². The molecule has 28 heavy (non-hydrogen) atoms. The maximum Gasteiger partial charge on any atom is 0.224 e. The number of aromatic amines is 1. The molecule has 4 rings (SSSR count). The number of H-pyrrole nitrogens is 1. The molecule has 0 saturated carbocycles. The molecule has 0 radical (unpaired) electrons. The largest absolute Gasteiger partial charge is 0.309 e. The highest BCUT2D eigenvalue weighted by molar-refractivity contribution is 7.91. The van der Waals surface area contributed by atoms with Gasteiger partial charge in [0.05, 0.1) is 10.4 Å². The number of hydrogen-bond acceptors (Lipinski definition) is 4. The van der Waals surface area contributed by atoms with Crippen LogP contribution >= 0.6 is 0 Å². The van der Waals surface area contributed by atoms with Gasteiger partial charge < -0.3 is 4.90 Å². The smallest absolute Gasteiger partial charge is 0.224 e. The van der Waals surface area contributed by atoms with Crippen LogP contribution in [-0.4, -0.2) is 44.2 Å².